The molecule has 0 unspecified atom stereocenters. The van der Waals surface area contributed by atoms with Crippen LogP contribution in [0.3, 0.4) is 0 Å². The Balaban J connectivity index is 1.92. The van der Waals surface area contributed by atoms with Crippen molar-refractivity contribution in [3.05, 3.63) is 76.1 Å². The number of halogens is 1. The fourth-order valence-corrected chi connectivity index (χ4v) is 6.79. The van der Waals surface area contributed by atoms with Gasteiger partial charge in [-0.1, -0.05) is 42.0 Å². The minimum Gasteiger partial charge on any atom is -0.479 e. The quantitative estimate of drug-likeness (QED) is 0.391. The number of hydrogen-bond donors (Lipinski definition) is 1. The van der Waals surface area contributed by atoms with Gasteiger partial charge in [0.15, 0.2) is 6.10 Å². The predicted molar refractivity (Wildman–Crippen MR) is 146 cm³/mol. The van der Waals surface area contributed by atoms with Gasteiger partial charge in [0.05, 0.1) is 24.1 Å². The second-order valence-electron chi connectivity index (χ2n) is 10.8. The van der Waals surface area contributed by atoms with Gasteiger partial charge in [-0.2, -0.15) is 0 Å². The summed E-state index contributed by atoms with van der Waals surface area (Å²) in [6.07, 6.45) is 2.23. The Labute approximate surface area is 223 Å². The van der Waals surface area contributed by atoms with E-state index in [1.54, 1.807) is 19.1 Å². The molecule has 0 aromatic heterocycles. The van der Waals surface area contributed by atoms with E-state index in [1.165, 1.54) is 10.4 Å². The van der Waals surface area contributed by atoms with Crippen LogP contribution in [0.5, 0.6) is 0 Å². The van der Waals surface area contributed by atoms with E-state index in [2.05, 4.69) is 0 Å². The Kier molecular flexibility index (Phi) is 6.39. The van der Waals surface area contributed by atoms with Crippen molar-refractivity contribution in [3.8, 4) is 22.3 Å². The lowest BCUT2D eigenvalue weighted by molar-refractivity contribution is -0.174. The minimum atomic E-state index is -3.79. The number of nitrogens with zero attached hydrogens (tertiary/aromatic N) is 1. The first-order valence-corrected chi connectivity index (χ1v) is 14.6. The number of sulfonamides is 1. The number of carbonyl (C=O) groups is 1. The molecule has 1 aliphatic heterocycles. The summed E-state index contributed by atoms with van der Waals surface area (Å²) in [5.41, 5.74) is 4.98. The monoisotopic (exact) mass is 537 g/mol. The molecule has 1 heterocycles. The van der Waals surface area contributed by atoms with Crippen molar-refractivity contribution in [1.29, 1.82) is 0 Å². The van der Waals surface area contributed by atoms with E-state index in [0.29, 0.717) is 44.6 Å². The first-order chi connectivity index (χ1) is 17.8. The lowest BCUT2D eigenvalue weighted by atomic mass is 9.79. The van der Waals surface area contributed by atoms with Crippen molar-refractivity contribution in [2.45, 2.75) is 65.2 Å². The molecule has 5 rings (SSSR count). The highest BCUT2D eigenvalue weighted by atomic mass is 32.2. The van der Waals surface area contributed by atoms with Crippen LogP contribution in [-0.2, 0) is 26.1 Å². The molecule has 0 radical (unpaired) electrons. The largest absolute Gasteiger partial charge is 0.479 e. The number of aliphatic carboxylic acids is 1. The second-order valence-corrected chi connectivity index (χ2v) is 12.7. The molecule has 6 nitrogen and oxygen atoms in total. The van der Waals surface area contributed by atoms with E-state index >= 15 is 4.39 Å². The summed E-state index contributed by atoms with van der Waals surface area (Å²) in [4.78, 5) is 12.8. The van der Waals surface area contributed by atoms with Gasteiger partial charge in [0.2, 0.25) is 10.0 Å². The third-order valence-electron chi connectivity index (χ3n) is 7.97. The maximum atomic E-state index is 15.4. The summed E-state index contributed by atoms with van der Waals surface area (Å²) < 4.78 is 49.2. The SMILES string of the molecule is Cc1ccc(-c2c(C)c3c(c(C)c2[C@H](OC2(C)CCC2)C(=O)O)N(S(C)(=O)=O)Cc2cccc(F)c2-3)cc1. The number of anilines is 1. The van der Waals surface area contributed by atoms with E-state index in [-0.39, 0.29) is 6.54 Å². The third kappa shape index (κ3) is 4.29. The smallest absolute Gasteiger partial charge is 0.337 e. The summed E-state index contributed by atoms with van der Waals surface area (Å²) in [7, 11) is -3.79. The number of fused-ring (bicyclic) bond motifs is 3. The molecular weight excluding hydrogens is 505 g/mol. The van der Waals surface area contributed by atoms with Crippen LogP contribution in [0.1, 0.15) is 60.1 Å². The number of benzene rings is 3. The zero-order chi connectivity index (χ0) is 27.6. The van der Waals surface area contributed by atoms with Gasteiger partial charge in [-0.3, -0.25) is 4.31 Å². The fraction of sp³-hybridized carbons (Fsp3) is 0.367. The van der Waals surface area contributed by atoms with Gasteiger partial charge >= 0.3 is 5.97 Å². The number of ether oxygens (including phenoxy) is 1. The van der Waals surface area contributed by atoms with Crippen molar-refractivity contribution >= 4 is 21.7 Å². The van der Waals surface area contributed by atoms with Gasteiger partial charge in [-0.05, 0) is 80.8 Å². The van der Waals surface area contributed by atoms with Crippen LogP contribution < -0.4 is 4.31 Å². The zero-order valence-corrected chi connectivity index (χ0v) is 23.1. The lowest BCUT2D eigenvalue weighted by Crippen LogP contribution is -2.40. The van der Waals surface area contributed by atoms with E-state index in [0.717, 1.165) is 36.6 Å². The average Bonchev–Trinajstić information content (AvgIpc) is 2.83. The Morgan fingerprint density at radius 2 is 1.68 bits per heavy atom. The Bertz CT molecular complexity index is 1560. The maximum absolute atomic E-state index is 15.4. The van der Waals surface area contributed by atoms with Gasteiger partial charge in [0, 0.05) is 16.7 Å². The second kappa shape index (κ2) is 9.20. The topological polar surface area (TPSA) is 83.9 Å². The molecule has 3 aromatic carbocycles. The van der Waals surface area contributed by atoms with Gasteiger partial charge in [-0.25, -0.2) is 17.6 Å². The molecule has 38 heavy (non-hydrogen) atoms. The highest BCUT2D eigenvalue weighted by Crippen LogP contribution is 2.52. The minimum absolute atomic E-state index is 0.0428. The van der Waals surface area contributed by atoms with Crippen LogP contribution >= 0.6 is 0 Å². The molecule has 0 spiro atoms. The summed E-state index contributed by atoms with van der Waals surface area (Å²) in [5.74, 6) is -1.60. The molecule has 3 aromatic rings. The first kappa shape index (κ1) is 26.4. The molecule has 1 aliphatic carbocycles. The van der Waals surface area contributed by atoms with Crippen LogP contribution in [0.4, 0.5) is 10.1 Å². The third-order valence-corrected chi connectivity index (χ3v) is 9.08. The molecule has 0 amide bonds. The molecule has 1 N–H and O–H groups in total. The first-order valence-electron chi connectivity index (χ1n) is 12.7. The van der Waals surface area contributed by atoms with E-state index in [9.17, 15) is 18.3 Å². The number of carboxylic acids is 1. The van der Waals surface area contributed by atoms with Crippen LogP contribution in [0.2, 0.25) is 0 Å². The van der Waals surface area contributed by atoms with Crippen molar-refractivity contribution in [2.24, 2.45) is 0 Å². The van der Waals surface area contributed by atoms with E-state index in [4.69, 9.17) is 4.74 Å². The van der Waals surface area contributed by atoms with Crippen LogP contribution in [0.15, 0.2) is 42.5 Å². The molecule has 8 heteroatoms. The molecular formula is C30H32FNO5S. The molecule has 1 fully saturated rings. The Morgan fingerprint density at radius 1 is 1.03 bits per heavy atom. The standard InChI is InChI=1S/C30H32FNO5S/c1-17-10-12-20(13-11-17)23-18(2)24-26-21(8-6-9-22(26)31)16-32(38(5,35)36)27(24)19(3)25(23)28(29(33)34)37-30(4)14-7-15-30/h6,8-13,28H,7,14-16H2,1-5H3,(H,33,34)/t28-/m0/s1. The van der Waals surface area contributed by atoms with E-state index in [1.807, 2.05) is 45.0 Å². The molecule has 1 atom stereocenters. The summed E-state index contributed by atoms with van der Waals surface area (Å²) in [6.45, 7) is 7.36. The van der Waals surface area contributed by atoms with Crippen molar-refractivity contribution in [2.75, 3.05) is 10.6 Å². The van der Waals surface area contributed by atoms with Gasteiger partial charge in [0.25, 0.3) is 0 Å². The summed E-state index contributed by atoms with van der Waals surface area (Å²) in [5, 5.41) is 10.5. The molecule has 200 valence electrons. The van der Waals surface area contributed by atoms with Gasteiger partial charge < -0.3 is 9.84 Å². The van der Waals surface area contributed by atoms with Crippen molar-refractivity contribution in [1.82, 2.24) is 0 Å². The molecule has 0 saturated heterocycles. The highest BCUT2D eigenvalue weighted by molar-refractivity contribution is 7.92. The Hall–Kier alpha value is -3.23. The fourth-order valence-electron chi connectivity index (χ4n) is 5.85. The van der Waals surface area contributed by atoms with Crippen molar-refractivity contribution in [3.63, 3.8) is 0 Å². The van der Waals surface area contributed by atoms with Crippen LogP contribution in [-0.4, -0.2) is 31.4 Å². The average molecular weight is 538 g/mol. The molecule has 0 bridgehead atoms. The molecule has 1 saturated carbocycles. The van der Waals surface area contributed by atoms with Crippen molar-refractivity contribution < 1.29 is 27.4 Å². The van der Waals surface area contributed by atoms with Gasteiger partial charge in [-0.15, -0.1) is 0 Å². The lowest BCUT2D eigenvalue weighted by Gasteiger charge is -2.42. The number of aryl methyl sites for hydroxylation is 1. The normalized spacial score (nSPS) is 16.8. The number of rotatable bonds is 6. The predicted octanol–water partition coefficient (Wildman–Crippen LogP) is 6.45. The molecule has 2 aliphatic rings. The van der Waals surface area contributed by atoms with Crippen LogP contribution in [0, 0.1) is 26.6 Å². The maximum Gasteiger partial charge on any atom is 0.337 e. The van der Waals surface area contributed by atoms with Crippen LogP contribution in [0.25, 0.3) is 22.3 Å². The highest BCUT2D eigenvalue weighted by Gasteiger charge is 2.42. The number of hydrogen-bond acceptors (Lipinski definition) is 4. The van der Waals surface area contributed by atoms with E-state index < -0.39 is 33.5 Å². The summed E-state index contributed by atoms with van der Waals surface area (Å²) in [6, 6.07) is 12.4. The Morgan fingerprint density at radius 3 is 2.24 bits per heavy atom. The summed E-state index contributed by atoms with van der Waals surface area (Å²) >= 11 is 0. The zero-order valence-electron chi connectivity index (χ0n) is 22.3. The number of carboxylic acid groups (broad SMARTS) is 1. The van der Waals surface area contributed by atoms with Gasteiger partial charge in [0.1, 0.15) is 5.82 Å².